The molecule has 2 rings (SSSR count). The van der Waals surface area contributed by atoms with E-state index < -0.39 is 17.6 Å². The fraction of sp³-hybridized carbons (Fsp3) is 0.143. The van der Waals surface area contributed by atoms with Crippen LogP contribution in [0.3, 0.4) is 0 Å². The Hall–Kier alpha value is -2.24. The van der Waals surface area contributed by atoms with Crippen molar-refractivity contribution in [2.45, 2.75) is 12.8 Å². The zero-order valence-electron chi connectivity index (χ0n) is 10.2. The highest BCUT2D eigenvalue weighted by Gasteiger charge is 2.31. The molecule has 0 aliphatic carbocycles. The fourth-order valence-corrected chi connectivity index (χ4v) is 1.65. The minimum absolute atomic E-state index is 0.0766. The first-order chi connectivity index (χ1) is 9.34. The Kier molecular flexibility index (Phi) is 3.83. The Morgan fingerprint density at radius 3 is 2.45 bits per heavy atom. The molecular weight excluding hydrogens is 274 g/mol. The van der Waals surface area contributed by atoms with Gasteiger partial charge in [0.2, 0.25) is 0 Å². The minimum Gasteiger partial charge on any atom is -0.699 e. The second-order valence-corrected chi connectivity index (χ2v) is 4.16. The number of hydrogen-bond donors (Lipinski definition) is 0. The summed E-state index contributed by atoms with van der Waals surface area (Å²) in [5, 5.41) is 0. The quantitative estimate of drug-likeness (QED) is 0.721. The van der Waals surface area contributed by atoms with Gasteiger partial charge in [-0.3, -0.25) is 0 Å². The zero-order valence-corrected chi connectivity index (χ0v) is 10.2. The summed E-state index contributed by atoms with van der Waals surface area (Å²) >= 11 is 0. The van der Waals surface area contributed by atoms with E-state index in [1.807, 2.05) is 0 Å². The van der Waals surface area contributed by atoms with Gasteiger partial charge in [0.25, 0.3) is 0 Å². The van der Waals surface area contributed by atoms with Crippen molar-refractivity contribution in [1.82, 2.24) is 0 Å². The summed E-state index contributed by atoms with van der Waals surface area (Å²) in [6.45, 7) is -0.204. The third-order valence-corrected chi connectivity index (χ3v) is 2.52. The van der Waals surface area contributed by atoms with Gasteiger partial charge in [-0.15, -0.1) is 5.69 Å². The predicted molar refractivity (Wildman–Crippen MR) is 66.2 cm³/mol. The van der Waals surface area contributed by atoms with E-state index in [1.165, 1.54) is 12.1 Å². The van der Waals surface area contributed by atoms with Gasteiger partial charge in [0, 0.05) is 0 Å². The summed E-state index contributed by atoms with van der Waals surface area (Å²) in [7, 11) is 0. The molecule has 0 radical (unpaired) electrons. The lowest BCUT2D eigenvalue weighted by atomic mass is 10.1. The summed E-state index contributed by atoms with van der Waals surface area (Å²) < 4.78 is 56.0. The second kappa shape index (κ2) is 5.40. The number of ether oxygens (including phenoxy) is 1. The molecule has 2 aromatic carbocycles. The van der Waals surface area contributed by atoms with E-state index in [9.17, 15) is 17.6 Å². The number of rotatable bonds is 3. The smallest absolute Gasteiger partial charge is 0.416 e. The molecule has 0 unspecified atom stereocenters. The van der Waals surface area contributed by atoms with E-state index in [0.29, 0.717) is 11.8 Å². The van der Waals surface area contributed by atoms with Crippen LogP contribution in [0, 0.1) is 5.82 Å². The SMILES string of the molecule is [NH-]c1cccc(OCc2cc(F)cc(C(F)(F)F)c2)c1. The molecule has 0 saturated carbocycles. The molecule has 20 heavy (non-hydrogen) atoms. The Balaban J connectivity index is 2.16. The maximum absolute atomic E-state index is 13.2. The molecule has 2 nitrogen and oxygen atoms in total. The zero-order chi connectivity index (χ0) is 14.8. The number of nitrogens with one attached hydrogen (secondary N) is 1. The van der Waals surface area contributed by atoms with Crippen molar-refractivity contribution in [1.29, 1.82) is 0 Å². The van der Waals surface area contributed by atoms with Crippen LogP contribution in [0.25, 0.3) is 5.73 Å². The van der Waals surface area contributed by atoms with Crippen LogP contribution in [0.4, 0.5) is 23.2 Å². The van der Waals surface area contributed by atoms with E-state index in [-0.39, 0.29) is 17.9 Å². The third kappa shape index (κ3) is 3.63. The lowest BCUT2D eigenvalue weighted by Crippen LogP contribution is -2.07. The van der Waals surface area contributed by atoms with Gasteiger partial charge < -0.3 is 10.5 Å². The van der Waals surface area contributed by atoms with Gasteiger partial charge in [0.1, 0.15) is 18.2 Å². The van der Waals surface area contributed by atoms with Crippen molar-refractivity contribution in [3.05, 3.63) is 65.1 Å². The summed E-state index contributed by atoms with van der Waals surface area (Å²) in [4.78, 5) is 0. The predicted octanol–water partition coefficient (Wildman–Crippen LogP) is 5.11. The van der Waals surface area contributed by atoms with Crippen LogP contribution in [0.2, 0.25) is 0 Å². The molecule has 0 spiro atoms. The molecule has 2 aromatic rings. The molecular formula is C14H10F4NO-. The topological polar surface area (TPSA) is 33.0 Å². The largest absolute Gasteiger partial charge is 0.699 e. The van der Waals surface area contributed by atoms with Crippen molar-refractivity contribution in [2.24, 2.45) is 0 Å². The van der Waals surface area contributed by atoms with Crippen LogP contribution in [-0.2, 0) is 12.8 Å². The van der Waals surface area contributed by atoms with Crippen LogP contribution >= 0.6 is 0 Å². The second-order valence-electron chi connectivity index (χ2n) is 4.16. The van der Waals surface area contributed by atoms with Gasteiger partial charge in [-0.25, -0.2) is 4.39 Å². The molecule has 0 aliphatic heterocycles. The lowest BCUT2D eigenvalue weighted by molar-refractivity contribution is -0.137. The molecule has 1 N–H and O–H groups in total. The van der Waals surface area contributed by atoms with Gasteiger partial charge in [-0.2, -0.15) is 13.2 Å². The maximum Gasteiger partial charge on any atom is 0.416 e. The highest BCUT2D eigenvalue weighted by Crippen LogP contribution is 2.30. The average Bonchev–Trinajstić information content (AvgIpc) is 2.35. The highest BCUT2D eigenvalue weighted by atomic mass is 19.4. The molecule has 106 valence electrons. The molecule has 0 bridgehead atoms. The maximum atomic E-state index is 13.2. The average molecular weight is 284 g/mol. The van der Waals surface area contributed by atoms with Crippen molar-refractivity contribution >= 4 is 5.69 Å². The van der Waals surface area contributed by atoms with Crippen LogP contribution in [0.15, 0.2) is 42.5 Å². The van der Waals surface area contributed by atoms with E-state index in [2.05, 4.69) is 0 Å². The summed E-state index contributed by atoms with van der Waals surface area (Å²) in [5.41, 5.74) is 6.63. The van der Waals surface area contributed by atoms with Gasteiger partial charge >= 0.3 is 6.18 Å². The van der Waals surface area contributed by atoms with Gasteiger partial charge in [-0.05, 0) is 35.9 Å². The monoisotopic (exact) mass is 284 g/mol. The number of alkyl halides is 3. The first-order valence-electron chi connectivity index (χ1n) is 5.66. The van der Waals surface area contributed by atoms with E-state index in [4.69, 9.17) is 10.5 Å². The third-order valence-electron chi connectivity index (χ3n) is 2.52. The van der Waals surface area contributed by atoms with Crippen LogP contribution in [0.5, 0.6) is 5.75 Å². The number of hydrogen-bond acceptors (Lipinski definition) is 1. The standard InChI is InChI=1S/C14H10F4NO/c15-11-5-9(4-10(6-11)14(16,17)18)8-20-13-3-1-2-12(19)7-13/h1-7,19H,8H2/q-1. The Bertz CT molecular complexity index is 610. The van der Waals surface area contributed by atoms with E-state index in [0.717, 1.165) is 12.1 Å². The molecule has 0 aromatic heterocycles. The van der Waals surface area contributed by atoms with Gasteiger partial charge in [0.15, 0.2) is 0 Å². The summed E-state index contributed by atoms with van der Waals surface area (Å²) in [5.74, 6) is -0.622. The minimum atomic E-state index is -4.60. The van der Waals surface area contributed by atoms with E-state index in [1.54, 1.807) is 12.1 Å². The van der Waals surface area contributed by atoms with E-state index >= 15 is 0 Å². The summed E-state index contributed by atoms with van der Waals surface area (Å²) in [6, 6.07) is 8.38. The van der Waals surface area contributed by atoms with Gasteiger partial charge in [-0.1, -0.05) is 12.1 Å². The molecule has 0 saturated heterocycles. The summed E-state index contributed by atoms with van der Waals surface area (Å²) in [6.07, 6.45) is -4.60. The van der Waals surface area contributed by atoms with Crippen molar-refractivity contribution < 1.29 is 22.3 Å². The van der Waals surface area contributed by atoms with Crippen molar-refractivity contribution in [2.75, 3.05) is 0 Å². The van der Waals surface area contributed by atoms with Crippen LogP contribution in [-0.4, -0.2) is 0 Å². The molecule has 0 amide bonds. The highest BCUT2D eigenvalue weighted by molar-refractivity contribution is 5.47. The van der Waals surface area contributed by atoms with Gasteiger partial charge in [0.05, 0.1) is 5.56 Å². The molecule has 0 heterocycles. The normalized spacial score (nSPS) is 11.4. The number of benzene rings is 2. The molecule has 6 heteroatoms. The lowest BCUT2D eigenvalue weighted by Gasteiger charge is -2.12. The Labute approximate surface area is 112 Å². The Morgan fingerprint density at radius 2 is 1.80 bits per heavy atom. The number of halogens is 4. The first-order valence-corrected chi connectivity index (χ1v) is 5.66. The van der Waals surface area contributed by atoms with Crippen molar-refractivity contribution in [3.8, 4) is 5.75 Å². The fourth-order valence-electron chi connectivity index (χ4n) is 1.65. The molecule has 0 aliphatic rings. The van der Waals surface area contributed by atoms with Crippen LogP contribution < -0.4 is 4.74 Å². The molecule has 0 fully saturated rings. The molecule has 0 atom stereocenters. The first kappa shape index (κ1) is 14.2. The van der Waals surface area contributed by atoms with Crippen LogP contribution in [0.1, 0.15) is 11.1 Å². The van der Waals surface area contributed by atoms with Crippen molar-refractivity contribution in [3.63, 3.8) is 0 Å². The Morgan fingerprint density at radius 1 is 1.05 bits per heavy atom.